The van der Waals surface area contributed by atoms with Crippen LogP contribution in [0.5, 0.6) is 0 Å². The molecule has 2 atom stereocenters. The van der Waals surface area contributed by atoms with Gasteiger partial charge in [-0.05, 0) is 31.4 Å². The van der Waals surface area contributed by atoms with Crippen LogP contribution in [0.3, 0.4) is 0 Å². The largest absolute Gasteiger partial charge is 0.444 e. The van der Waals surface area contributed by atoms with Gasteiger partial charge in [-0.3, -0.25) is 4.99 Å². The second kappa shape index (κ2) is 7.81. The average molecular weight is 426 g/mol. The number of benzene rings is 1. The van der Waals surface area contributed by atoms with Crippen LogP contribution in [0.1, 0.15) is 24.6 Å². The number of guanidine groups is 1. The zero-order valence-corrected chi connectivity index (χ0v) is 16.0. The standard InChI is InChI=1S/C17H22N4O.HI/c1-11-4-6-13(7-5-11)16-20-14(10-22-16)9-19-17(18-3)21-15-8-12(15)2;/h4-7,10,12,15H,8-9H2,1-3H3,(H2,18,19,21);1H. The fraction of sp³-hybridized carbons (Fsp3) is 0.412. The molecule has 1 aromatic heterocycles. The van der Waals surface area contributed by atoms with Gasteiger partial charge in [0.1, 0.15) is 6.26 Å². The zero-order chi connectivity index (χ0) is 15.5. The predicted molar refractivity (Wildman–Crippen MR) is 103 cm³/mol. The smallest absolute Gasteiger partial charge is 0.226 e. The van der Waals surface area contributed by atoms with Gasteiger partial charge in [0.25, 0.3) is 0 Å². The van der Waals surface area contributed by atoms with Gasteiger partial charge in [-0.25, -0.2) is 4.98 Å². The van der Waals surface area contributed by atoms with E-state index in [1.54, 1.807) is 13.3 Å². The first kappa shape index (κ1) is 17.8. The van der Waals surface area contributed by atoms with Crippen molar-refractivity contribution in [3.63, 3.8) is 0 Å². The fourth-order valence-corrected chi connectivity index (χ4v) is 2.28. The number of hydrogen-bond acceptors (Lipinski definition) is 3. The monoisotopic (exact) mass is 426 g/mol. The van der Waals surface area contributed by atoms with E-state index in [1.165, 1.54) is 12.0 Å². The van der Waals surface area contributed by atoms with Crippen molar-refractivity contribution in [1.82, 2.24) is 15.6 Å². The molecule has 6 heteroatoms. The van der Waals surface area contributed by atoms with Crippen molar-refractivity contribution in [2.75, 3.05) is 7.05 Å². The number of aryl methyl sites for hydroxylation is 1. The number of hydrogen-bond donors (Lipinski definition) is 2. The van der Waals surface area contributed by atoms with Crippen LogP contribution in [0.2, 0.25) is 0 Å². The number of halogens is 1. The minimum atomic E-state index is 0. The van der Waals surface area contributed by atoms with Crippen molar-refractivity contribution in [3.8, 4) is 11.5 Å². The molecule has 0 amide bonds. The number of aromatic nitrogens is 1. The summed E-state index contributed by atoms with van der Waals surface area (Å²) in [5.41, 5.74) is 3.08. The molecule has 2 N–H and O–H groups in total. The predicted octanol–water partition coefficient (Wildman–Crippen LogP) is 3.34. The topological polar surface area (TPSA) is 62.5 Å². The first-order valence-corrected chi connectivity index (χ1v) is 7.64. The van der Waals surface area contributed by atoms with Crippen molar-refractivity contribution < 1.29 is 4.42 Å². The third-order valence-corrected chi connectivity index (χ3v) is 3.94. The van der Waals surface area contributed by atoms with Crippen molar-refractivity contribution in [2.24, 2.45) is 10.9 Å². The van der Waals surface area contributed by atoms with Crippen molar-refractivity contribution in [2.45, 2.75) is 32.9 Å². The molecule has 1 aromatic carbocycles. The second-order valence-electron chi connectivity index (χ2n) is 5.90. The summed E-state index contributed by atoms with van der Waals surface area (Å²) < 4.78 is 5.56. The minimum Gasteiger partial charge on any atom is -0.444 e. The zero-order valence-electron chi connectivity index (χ0n) is 13.7. The number of rotatable bonds is 4. The molecule has 3 rings (SSSR count). The molecule has 23 heavy (non-hydrogen) atoms. The quantitative estimate of drug-likeness (QED) is 0.447. The van der Waals surface area contributed by atoms with Crippen molar-refractivity contribution in [1.29, 1.82) is 0 Å². The highest BCUT2D eigenvalue weighted by atomic mass is 127. The molecule has 0 aliphatic heterocycles. The van der Waals surface area contributed by atoms with E-state index in [4.69, 9.17) is 4.42 Å². The number of nitrogens with zero attached hydrogens (tertiary/aromatic N) is 2. The molecule has 1 heterocycles. The molecule has 5 nitrogen and oxygen atoms in total. The van der Waals surface area contributed by atoms with Crippen LogP contribution in [0.15, 0.2) is 39.9 Å². The van der Waals surface area contributed by atoms with Gasteiger partial charge in [-0.15, -0.1) is 24.0 Å². The molecule has 0 spiro atoms. The van der Waals surface area contributed by atoms with Crippen molar-refractivity contribution >= 4 is 29.9 Å². The van der Waals surface area contributed by atoms with Crippen LogP contribution in [-0.4, -0.2) is 24.0 Å². The molecule has 0 saturated heterocycles. The van der Waals surface area contributed by atoms with E-state index in [2.05, 4.69) is 46.6 Å². The summed E-state index contributed by atoms with van der Waals surface area (Å²) >= 11 is 0. The summed E-state index contributed by atoms with van der Waals surface area (Å²) in [6.45, 7) is 4.89. The van der Waals surface area contributed by atoms with Gasteiger partial charge in [-0.1, -0.05) is 24.6 Å². The third kappa shape index (κ3) is 4.70. The molecule has 1 fully saturated rings. The minimum absolute atomic E-state index is 0. The Hall–Kier alpha value is -1.57. The Labute approximate surface area is 154 Å². The van der Waals surface area contributed by atoms with Gasteiger partial charge in [0.05, 0.1) is 12.2 Å². The highest BCUT2D eigenvalue weighted by molar-refractivity contribution is 14.0. The maximum atomic E-state index is 5.56. The Kier molecular flexibility index (Phi) is 6.04. The number of aliphatic imine (C=N–C) groups is 1. The van der Waals surface area contributed by atoms with Crippen molar-refractivity contribution in [3.05, 3.63) is 41.8 Å². The highest BCUT2D eigenvalue weighted by Gasteiger charge is 2.33. The fourth-order valence-electron chi connectivity index (χ4n) is 2.28. The Balaban J connectivity index is 0.00000192. The molecule has 0 bridgehead atoms. The Bertz CT molecular complexity index is 665. The van der Waals surface area contributed by atoms with E-state index in [9.17, 15) is 0 Å². The molecular weight excluding hydrogens is 403 g/mol. The molecule has 124 valence electrons. The van der Waals surface area contributed by atoms with E-state index < -0.39 is 0 Å². The molecule has 1 aliphatic carbocycles. The van der Waals surface area contributed by atoms with E-state index >= 15 is 0 Å². The molecule has 2 unspecified atom stereocenters. The summed E-state index contributed by atoms with van der Waals surface area (Å²) in [6.07, 6.45) is 2.90. The Morgan fingerprint density at radius 1 is 1.35 bits per heavy atom. The Morgan fingerprint density at radius 2 is 2.04 bits per heavy atom. The van der Waals surface area contributed by atoms with Crippen LogP contribution in [0.4, 0.5) is 0 Å². The number of oxazole rings is 1. The van der Waals surface area contributed by atoms with E-state index in [0.717, 1.165) is 23.1 Å². The number of nitrogens with one attached hydrogen (secondary N) is 2. The first-order chi connectivity index (χ1) is 10.7. The summed E-state index contributed by atoms with van der Waals surface area (Å²) in [5.74, 6) is 2.20. The molecule has 0 radical (unpaired) electrons. The summed E-state index contributed by atoms with van der Waals surface area (Å²) in [4.78, 5) is 8.74. The third-order valence-electron chi connectivity index (χ3n) is 3.94. The lowest BCUT2D eigenvalue weighted by molar-refractivity contribution is 0.572. The summed E-state index contributed by atoms with van der Waals surface area (Å²) in [5, 5.41) is 6.65. The van der Waals surface area contributed by atoms with Gasteiger partial charge in [0.2, 0.25) is 5.89 Å². The Morgan fingerprint density at radius 3 is 2.65 bits per heavy atom. The first-order valence-electron chi connectivity index (χ1n) is 7.64. The summed E-state index contributed by atoms with van der Waals surface area (Å²) in [7, 11) is 1.78. The van der Waals surface area contributed by atoms with E-state index in [-0.39, 0.29) is 24.0 Å². The lowest BCUT2D eigenvalue weighted by Gasteiger charge is -2.09. The van der Waals surface area contributed by atoms with E-state index in [1.807, 2.05) is 12.1 Å². The van der Waals surface area contributed by atoms with Crippen LogP contribution in [0, 0.1) is 12.8 Å². The van der Waals surface area contributed by atoms with Gasteiger partial charge < -0.3 is 15.1 Å². The molecular formula is C17H23IN4O. The molecule has 2 aromatic rings. The van der Waals surface area contributed by atoms with Crippen LogP contribution < -0.4 is 10.6 Å². The normalized spacial score (nSPS) is 19.9. The van der Waals surface area contributed by atoms with Crippen LogP contribution in [-0.2, 0) is 6.54 Å². The molecule has 1 aliphatic rings. The van der Waals surface area contributed by atoms with E-state index in [0.29, 0.717) is 18.5 Å². The lowest BCUT2D eigenvalue weighted by atomic mass is 10.1. The SMILES string of the molecule is CN=C(NCc1coc(-c2ccc(C)cc2)n1)NC1CC1C.I. The van der Waals surface area contributed by atoms with Gasteiger partial charge in [-0.2, -0.15) is 0 Å². The second-order valence-corrected chi connectivity index (χ2v) is 5.90. The van der Waals surface area contributed by atoms with Gasteiger partial charge in [0, 0.05) is 18.7 Å². The molecule has 1 saturated carbocycles. The van der Waals surface area contributed by atoms with Crippen LogP contribution >= 0.6 is 24.0 Å². The van der Waals surface area contributed by atoms with Crippen LogP contribution in [0.25, 0.3) is 11.5 Å². The highest BCUT2D eigenvalue weighted by Crippen LogP contribution is 2.28. The maximum absolute atomic E-state index is 5.56. The summed E-state index contributed by atoms with van der Waals surface area (Å²) in [6, 6.07) is 8.70. The van der Waals surface area contributed by atoms with Gasteiger partial charge in [0.15, 0.2) is 5.96 Å². The van der Waals surface area contributed by atoms with Gasteiger partial charge >= 0.3 is 0 Å². The lowest BCUT2D eigenvalue weighted by Crippen LogP contribution is -2.38. The maximum Gasteiger partial charge on any atom is 0.226 e. The average Bonchev–Trinajstić information content (AvgIpc) is 3.01.